The van der Waals surface area contributed by atoms with Crippen molar-refractivity contribution in [1.29, 1.82) is 5.41 Å². The molecule has 0 unspecified atom stereocenters. The number of ether oxygens (including phenoxy) is 2. The number of sulfonamides is 1. The summed E-state index contributed by atoms with van der Waals surface area (Å²) in [7, 11) is -0.135. The molecular formula is C18H27N5O4S2. The van der Waals surface area contributed by atoms with E-state index in [1.54, 1.807) is 19.6 Å². The van der Waals surface area contributed by atoms with Gasteiger partial charge in [-0.05, 0) is 18.6 Å². The third kappa shape index (κ3) is 7.18. The zero-order valence-electron chi connectivity index (χ0n) is 16.7. The van der Waals surface area contributed by atoms with Gasteiger partial charge >= 0.3 is 0 Å². The van der Waals surface area contributed by atoms with Crippen molar-refractivity contribution in [3.63, 3.8) is 0 Å². The smallest absolute Gasteiger partial charge is 0.211 e. The molecule has 1 heterocycles. The number of rotatable bonds is 11. The average Bonchev–Trinajstić information content (AvgIpc) is 3.16. The molecule has 2 aromatic rings. The van der Waals surface area contributed by atoms with Crippen LogP contribution in [0.4, 0.5) is 5.13 Å². The van der Waals surface area contributed by atoms with Gasteiger partial charge in [0, 0.05) is 5.38 Å². The zero-order chi connectivity index (χ0) is 21.3. The number of nitrogens with zero attached hydrogens (tertiary/aromatic N) is 1. The van der Waals surface area contributed by atoms with Crippen LogP contribution in [0.2, 0.25) is 0 Å². The number of nitrogens with one attached hydrogen (secondary N) is 4. The Morgan fingerprint density at radius 3 is 2.52 bits per heavy atom. The summed E-state index contributed by atoms with van der Waals surface area (Å²) in [6.07, 6.45) is 1.44. The van der Waals surface area contributed by atoms with Gasteiger partial charge in [0.25, 0.3) is 0 Å². The van der Waals surface area contributed by atoms with Crippen LogP contribution in [0.5, 0.6) is 11.5 Å². The third-order valence-electron chi connectivity index (χ3n) is 4.00. The molecule has 0 radical (unpaired) electrons. The Morgan fingerprint density at radius 2 is 1.90 bits per heavy atom. The summed E-state index contributed by atoms with van der Waals surface area (Å²) in [5.74, 6) is 1.50. The van der Waals surface area contributed by atoms with Crippen molar-refractivity contribution >= 4 is 32.5 Å². The number of guanidine groups is 1. The van der Waals surface area contributed by atoms with Gasteiger partial charge in [-0.1, -0.05) is 19.4 Å². The highest BCUT2D eigenvalue weighted by Crippen LogP contribution is 2.27. The van der Waals surface area contributed by atoms with Crippen molar-refractivity contribution in [3.05, 3.63) is 34.8 Å². The molecule has 2 rings (SSSR count). The monoisotopic (exact) mass is 441 g/mol. The van der Waals surface area contributed by atoms with Crippen molar-refractivity contribution in [2.24, 2.45) is 0 Å². The second kappa shape index (κ2) is 11.0. The molecule has 1 aromatic carbocycles. The predicted octanol–water partition coefficient (Wildman–Crippen LogP) is 2.52. The topological polar surface area (TPSA) is 125 Å². The van der Waals surface area contributed by atoms with Gasteiger partial charge in [-0.2, -0.15) is 0 Å². The Balaban J connectivity index is 1.88. The van der Waals surface area contributed by atoms with Gasteiger partial charge in [0.05, 0.1) is 44.3 Å². The molecule has 0 aliphatic carbocycles. The van der Waals surface area contributed by atoms with E-state index in [1.165, 1.54) is 11.3 Å². The minimum atomic E-state index is -3.29. The number of hydrogen-bond donors (Lipinski definition) is 4. The first-order valence-electron chi connectivity index (χ1n) is 9.09. The normalized spacial score (nSPS) is 11.1. The minimum Gasteiger partial charge on any atom is -0.496 e. The summed E-state index contributed by atoms with van der Waals surface area (Å²) < 4.78 is 36.9. The molecule has 0 spiro atoms. The van der Waals surface area contributed by atoms with Crippen LogP contribution in [-0.4, -0.2) is 39.3 Å². The van der Waals surface area contributed by atoms with Gasteiger partial charge in [0.1, 0.15) is 11.5 Å². The molecule has 0 atom stereocenters. The highest BCUT2D eigenvalue weighted by molar-refractivity contribution is 7.89. The second-order valence-corrected chi connectivity index (χ2v) is 8.92. The van der Waals surface area contributed by atoms with Crippen molar-refractivity contribution in [2.45, 2.75) is 32.9 Å². The molecule has 0 aliphatic rings. The van der Waals surface area contributed by atoms with Crippen LogP contribution < -0.4 is 24.8 Å². The van der Waals surface area contributed by atoms with E-state index in [0.29, 0.717) is 35.3 Å². The highest BCUT2D eigenvalue weighted by Gasteiger charge is 2.12. The van der Waals surface area contributed by atoms with Crippen LogP contribution in [-0.2, 0) is 23.1 Å². The van der Waals surface area contributed by atoms with Crippen LogP contribution in [0, 0.1) is 5.41 Å². The van der Waals surface area contributed by atoms with Crippen LogP contribution in [0.3, 0.4) is 0 Å². The molecule has 29 heavy (non-hydrogen) atoms. The fourth-order valence-electron chi connectivity index (χ4n) is 2.47. The standard InChI is InChI=1S/C18H27N5O4S2/c1-4-5-9-29(24,25)21-10-13-12-28-18(22-13)23-17(19)20-11-14-15(26-2)7-6-8-16(14)27-3/h6-8,12,21H,4-5,9-11H2,1-3H3,(H3,19,20,22,23). The quantitative estimate of drug-likeness (QED) is 0.312. The SMILES string of the molecule is CCCCS(=O)(=O)NCc1csc(NC(=N)NCc2c(OC)cccc2OC)n1. The summed E-state index contributed by atoms with van der Waals surface area (Å²) in [5, 5.41) is 16.1. The lowest BCUT2D eigenvalue weighted by Gasteiger charge is -2.14. The van der Waals surface area contributed by atoms with Crippen LogP contribution in [0.1, 0.15) is 31.0 Å². The van der Waals surface area contributed by atoms with E-state index < -0.39 is 10.0 Å². The van der Waals surface area contributed by atoms with Crippen molar-refractivity contribution < 1.29 is 17.9 Å². The van der Waals surface area contributed by atoms with E-state index in [0.717, 1.165) is 12.0 Å². The number of hydrogen-bond acceptors (Lipinski definition) is 7. The molecular weight excluding hydrogens is 414 g/mol. The van der Waals surface area contributed by atoms with Gasteiger partial charge in [-0.3, -0.25) is 5.41 Å². The number of unbranched alkanes of at least 4 members (excludes halogenated alkanes) is 1. The van der Waals surface area contributed by atoms with Crippen molar-refractivity contribution in [2.75, 3.05) is 25.3 Å². The molecule has 0 saturated carbocycles. The van der Waals surface area contributed by atoms with Crippen molar-refractivity contribution in [1.82, 2.24) is 15.0 Å². The van der Waals surface area contributed by atoms with Crippen LogP contribution >= 0.6 is 11.3 Å². The maximum Gasteiger partial charge on any atom is 0.211 e. The molecule has 0 bridgehead atoms. The van der Waals surface area contributed by atoms with Crippen LogP contribution in [0.15, 0.2) is 23.6 Å². The van der Waals surface area contributed by atoms with E-state index in [-0.39, 0.29) is 18.3 Å². The molecule has 0 amide bonds. The predicted molar refractivity (Wildman–Crippen MR) is 115 cm³/mol. The minimum absolute atomic E-state index is 0.0578. The molecule has 0 aliphatic heterocycles. The number of methoxy groups -OCH3 is 2. The van der Waals surface area contributed by atoms with E-state index in [1.807, 2.05) is 25.1 Å². The summed E-state index contributed by atoms with van der Waals surface area (Å²) in [6, 6.07) is 5.48. The zero-order valence-corrected chi connectivity index (χ0v) is 18.4. The summed E-state index contributed by atoms with van der Waals surface area (Å²) in [4.78, 5) is 4.31. The van der Waals surface area contributed by atoms with E-state index in [2.05, 4.69) is 20.3 Å². The largest absolute Gasteiger partial charge is 0.496 e. The first-order valence-corrected chi connectivity index (χ1v) is 11.6. The third-order valence-corrected chi connectivity index (χ3v) is 6.21. The number of thiazole rings is 1. The highest BCUT2D eigenvalue weighted by atomic mass is 32.2. The number of anilines is 1. The lowest BCUT2D eigenvalue weighted by atomic mass is 10.1. The van der Waals surface area contributed by atoms with Gasteiger partial charge in [0.2, 0.25) is 10.0 Å². The Kier molecular flexibility index (Phi) is 8.68. The molecule has 9 nitrogen and oxygen atoms in total. The second-order valence-electron chi connectivity index (χ2n) is 6.13. The average molecular weight is 442 g/mol. The molecule has 0 fully saturated rings. The van der Waals surface area contributed by atoms with E-state index in [9.17, 15) is 8.42 Å². The lowest BCUT2D eigenvalue weighted by Crippen LogP contribution is -2.29. The Bertz CT molecular complexity index is 892. The lowest BCUT2D eigenvalue weighted by molar-refractivity contribution is 0.384. The summed E-state index contributed by atoms with van der Waals surface area (Å²) in [6.45, 7) is 2.40. The molecule has 160 valence electrons. The first-order chi connectivity index (χ1) is 13.9. The van der Waals surface area contributed by atoms with Gasteiger partial charge in [-0.15, -0.1) is 11.3 Å². The fraction of sp³-hybridized carbons (Fsp3) is 0.444. The van der Waals surface area contributed by atoms with Crippen molar-refractivity contribution in [3.8, 4) is 11.5 Å². The van der Waals surface area contributed by atoms with Gasteiger partial charge < -0.3 is 20.1 Å². The van der Waals surface area contributed by atoms with Gasteiger partial charge in [-0.25, -0.2) is 18.1 Å². The summed E-state index contributed by atoms with van der Waals surface area (Å²) >= 11 is 1.30. The maximum atomic E-state index is 11.9. The maximum absolute atomic E-state index is 11.9. The Morgan fingerprint density at radius 1 is 1.21 bits per heavy atom. The van der Waals surface area contributed by atoms with E-state index >= 15 is 0 Å². The molecule has 1 aromatic heterocycles. The van der Waals surface area contributed by atoms with Gasteiger partial charge in [0.15, 0.2) is 11.1 Å². The van der Waals surface area contributed by atoms with E-state index in [4.69, 9.17) is 14.9 Å². The fourth-order valence-corrected chi connectivity index (χ4v) is 4.36. The molecule has 4 N–H and O–H groups in total. The Labute approximate surface area is 175 Å². The Hall–Kier alpha value is -2.37. The number of benzene rings is 1. The molecule has 11 heteroatoms. The van der Waals surface area contributed by atoms with Crippen LogP contribution in [0.25, 0.3) is 0 Å². The number of aromatic nitrogens is 1. The summed E-state index contributed by atoms with van der Waals surface area (Å²) in [5.41, 5.74) is 1.39. The molecule has 0 saturated heterocycles. The first kappa shape index (κ1) is 22.9.